The predicted molar refractivity (Wildman–Crippen MR) is 138 cm³/mol. The molecule has 0 bridgehead atoms. The minimum Gasteiger partial charge on any atom is -0.348 e. The molecule has 5 aromatic rings. The molecule has 0 saturated heterocycles. The summed E-state index contributed by atoms with van der Waals surface area (Å²) in [6, 6.07) is 12.3. The van der Waals surface area contributed by atoms with E-state index in [-0.39, 0.29) is 5.91 Å². The number of hydrogen-bond acceptors (Lipinski definition) is 5. The van der Waals surface area contributed by atoms with E-state index in [1.165, 1.54) is 0 Å². The Hall–Kier alpha value is -4.17. The van der Waals surface area contributed by atoms with Gasteiger partial charge in [-0.3, -0.25) is 4.79 Å². The Morgan fingerprint density at radius 3 is 2.83 bits per heavy atom. The van der Waals surface area contributed by atoms with Crippen molar-refractivity contribution in [2.45, 2.75) is 20.0 Å². The Bertz CT molecular complexity index is 1590. The van der Waals surface area contributed by atoms with Crippen LogP contribution in [0.4, 0.5) is 11.5 Å². The molecule has 6 rings (SSSR count). The molecular weight excluding hydrogens is 438 g/mol. The van der Waals surface area contributed by atoms with Crippen LogP contribution in [0.5, 0.6) is 0 Å². The first-order chi connectivity index (χ1) is 17.0. The molecule has 0 radical (unpaired) electrons. The first kappa shape index (κ1) is 21.4. The summed E-state index contributed by atoms with van der Waals surface area (Å²) in [4.78, 5) is 19.7. The third-order valence-electron chi connectivity index (χ3n) is 6.63. The standard InChI is InChI=1S/C27H27N7O/c1-17-4-7-23-20(14-30-34(23)16-17)19-5-6-22(26-21(19)13-29-27(26)35)31-25-12-18-8-9-33(11-10-32(2)3)24(18)15-28-25/h4-9,12,14-16H,10-11,13H2,1-3H3,(H,28,31)(H,29,35). The highest BCUT2D eigenvalue weighted by Gasteiger charge is 2.27. The van der Waals surface area contributed by atoms with Crippen molar-refractivity contribution in [1.29, 1.82) is 0 Å². The summed E-state index contributed by atoms with van der Waals surface area (Å²) < 4.78 is 4.10. The lowest BCUT2D eigenvalue weighted by molar-refractivity contribution is 0.0966. The molecule has 0 saturated carbocycles. The molecule has 0 atom stereocenters. The molecule has 0 aliphatic carbocycles. The zero-order valence-corrected chi connectivity index (χ0v) is 20.0. The molecule has 0 spiro atoms. The molecule has 8 nitrogen and oxygen atoms in total. The van der Waals surface area contributed by atoms with Gasteiger partial charge < -0.3 is 20.1 Å². The number of aryl methyl sites for hydroxylation is 1. The molecule has 35 heavy (non-hydrogen) atoms. The van der Waals surface area contributed by atoms with E-state index in [4.69, 9.17) is 0 Å². The number of carbonyl (C=O) groups excluding carboxylic acids is 1. The molecule has 4 aromatic heterocycles. The van der Waals surface area contributed by atoms with Gasteiger partial charge in [-0.2, -0.15) is 5.10 Å². The van der Waals surface area contributed by atoms with Gasteiger partial charge in [-0.05, 0) is 62.0 Å². The second-order valence-corrected chi connectivity index (χ2v) is 9.36. The molecule has 176 valence electrons. The number of carbonyl (C=O) groups is 1. The highest BCUT2D eigenvalue weighted by molar-refractivity contribution is 6.06. The Morgan fingerprint density at radius 2 is 1.97 bits per heavy atom. The first-order valence-electron chi connectivity index (χ1n) is 11.7. The summed E-state index contributed by atoms with van der Waals surface area (Å²) >= 11 is 0. The number of fused-ring (bicyclic) bond motifs is 3. The van der Waals surface area contributed by atoms with Crippen molar-refractivity contribution in [3.63, 3.8) is 0 Å². The fourth-order valence-corrected chi connectivity index (χ4v) is 4.80. The molecule has 0 fully saturated rings. The van der Waals surface area contributed by atoms with Gasteiger partial charge in [0.05, 0.1) is 34.7 Å². The second-order valence-electron chi connectivity index (χ2n) is 9.36. The number of benzene rings is 1. The maximum atomic E-state index is 12.8. The van der Waals surface area contributed by atoms with E-state index in [1.807, 2.05) is 42.2 Å². The van der Waals surface area contributed by atoms with E-state index in [2.05, 4.69) is 74.7 Å². The lowest BCUT2D eigenvalue weighted by Gasteiger charge is -2.13. The normalized spacial score (nSPS) is 13.1. The van der Waals surface area contributed by atoms with Crippen molar-refractivity contribution in [1.82, 2.24) is 29.4 Å². The molecular formula is C27H27N7O. The highest BCUT2D eigenvalue weighted by Crippen LogP contribution is 2.37. The van der Waals surface area contributed by atoms with Crippen LogP contribution in [0.15, 0.2) is 61.2 Å². The van der Waals surface area contributed by atoms with Crippen molar-refractivity contribution >= 4 is 33.8 Å². The molecule has 1 aliphatic heterocycles. The Labute approximate surface area is 203 Å². The summed E-state index contributed by atoms with van der Waals surface area (Å²) in [6.45, 7) is 4.40. The fraction of sp³-hybridized carbons (Fsp3) is 0.222. The quantitative estimate of drug-likeness (QED) is 0.393. The lowest BCUT2D eigenvalue weighted by atomic mass is 9.96. The van der Waals surface area contributed by atoms with Crippen molar-refractivity contribution in [2.24, 2.45) is 0 Å². The molecule has 0 unspecified atom stereocenters. The Balaban J connectivity index is 1.36. The third kappa shape index (κ3) is 3.72. The van der Waals surface area contributed by atoms with Gasteiger partial charge in [0, 0.05) is 43.0 Å². The summed E-state index contributed by atoms with van der Waals surface area (Å²) in [7, 11) is 4.14. The smallest absolute Gasteiger partial charge is 0.254 e. The lowest BCUT2D eigenvalue weighted by Crippen LogP contribution is -2.17. The van der Waals surface area contributed by atoms with E-state index in [9.17, 15) is 4.79 Å². The van der Waals surface area contributed by atoms with E-state index in [0.717, 1.165) is 57.5 Å². The van der Waals surface area contributed by atoms with Crippen molar-refractivity contribution in [3.8, 4) is 11.1 Å². The number of aromatic nitrogens is 4. The zero-order valence-electron chi connectivity index (χ0n) is 20.0. The maximum absolute atomic E-state index is 12.8. The molecule has 5 heterocycles. The predicted octanol–water partition coefficient (Wildman–Crippen LogP) is 4.21. The van der Waals surface area contributed by atoms with E-state index >= 15 is 0 Å². The van der Waals surface area contributed by atoms with Gasteiger partial charge >= 0.3 is 0 Å². The average Bonchev–Trinajstić information content (AvgIpc) is 3.55. The van der Waals surface area contributed by atoms with Gasteiger partial charge in [-0.25, -0.2) is 9.50 Å². The van der Waals surface area contributed by atoms with E-state index in [1.54, 1.807) is 0 Å². The molecule has 2 N–H and O–H groups in total. The van der Waals surface area contributed by atoms with Crippen LogP contribution >= 0.6 is 0 Å². The first-order valence-corrected chi connectivity index (χ1v) is 11.7. The largest absolute Gasteiger partial charge is 0.348 e. The number of likely N-dealkylation sites (N-methyl/N-ethyl adjacent to an activating group) is 1. The Kier molecular flexibility index (Phi) is 5.04. The van der Waals surface area contributed by atoms with Crippen LogP contribution in [-0.4, -0.2) is 50.6 Å². The summed E-state index contributed by atoms with van der Waals surface area (Å²) in [5.74, 6) is 0.636. The number of pyridine rings is 2. The minimum absolute atomic E-state index is 0.0763. The van der Waals surface area contributed by atoms with Crippen LogP contribution < -0.4 is 10.6 Å². The zero-order chi connectivity index (χ0) is 24.1. The third-order valence-corrected chi connectivity index (χ3v) is 6.63. The monoisotopic (exact) mass is 465 g/mol. The summed E-state index contributed by atoms with van der Waals surface area (Å²) in [5, 5.41) is 12.0. The summed E-state index contributed by atoms with van der Waals surface area (Å²) in [6.07, 6.45) is 7.87. The van der Waals surface area contributed by atoms with Gasteiger partial charge in [-0.1, -0.05) is 12.1 Å². The molecule has 1 amide bonds. The molecule has 8 heteroatoms. The van der Waals surface area contributed by atoms with Crippen LogP contribution in [0.1, 0.15) is 21.5 Å². The number of hydrogen-bond donors (Lipinski definition) is 2. The van der Waals surface area contributed by atoms with Crippen LogP contribution in [0, 0.1) is 6.92 Å². The van der Waals surface area contributed by atoms with Gasteiger partial charge in [0.15, 0.2) is 0 Å². The van der Waals surface area contributed by atoms with Crippen LogP contribution in [-0.2, 0) is 13.1 Å². The van der Waals surface area contributed by atoms with Gasteiger partial charge in [0.1, 0.15) is 5.82 Å². The maximum Gasteiger partial charge on any atom is 0.254 e. The van der Waals surface area contributed by atoms with Crippen LogP contribution in [0.25, 0.3) is 27.5 Å². The highest BCUT2D eigenvalue weighted by atomic mass is 16.1. The Morgan fingerprint density at radius 1 is 1.09 bits per heavy atom. The number of anilines is 2. The fourth-order valence-electron chi connectivity index (χ4n) is 4.80. The summed E-state index contributed by atoms with van der Waals surface area (Å²) in [5.41, 5.74) is 7.69. The topological polar surface area (TPSA) is 79.5 Å². The average molecular weight is 466 g/mol. The minimum atomic E-state index is -0.0763. The van der Waals surface area contributed by atoms with Crippen molar-refractivity contribution < 1.29 is 4.79 Å². The van der Waals surface area contributed by atoms with E-state index in [0.29, 0.717) is 17.9 Å². The van der Waals surface area contributed by atoms with Crippen LogP contribution in [0.3, 0.4) is 0 Å². The van der Waals surface area contributed by atoms with E-state index < -0.39 is 0 Å². The molecule has 1 aromatic carbocycles. The van der Waals surface area contributed by atoms with Crippen molar-refractivity contribution in [2.75, 3.05) is 26.0 Å². The number of rotatable bonds is 6. The van der Waals surface area contributed by atoms with Gasteiger partial charge in [-0.15, -0.1) is 0 Å². The molecule has 1 aliphatic rings. The van der Waals surface area contributed by atoms with Gasteiger partial charge in [0.25, 0.3) is 5.91 Å². The SMILES string of the molecule is Cc1ccc2c(-c3ccc(Nc4cc5ccn(CCN(C)C)c5cn4)c4c3CNC4=O)cnn2c1. The number of nitrogens with zero attached hydrogens (tertiary/aromatic N) is 5. The second kappa shape index (κ2) is 8.25. The number of amides is 1. The number of nitrogens with one attached hydrogen (secondary N) is 2. The van der Waals surface area contributed by atoms with Gasteiger partial charge in [0.2, 0.25) is 0 Å². The van der Waals surface area contributed by atoms with Crippen molar-refractivity contribution in [3.05, 3.63) is 77.9 Å². The van der Waals surface area contributed by atoms with Crippen LogP contribution in [0.2, 0.25) is 0 Å².